The van der Waals surface area contributed by atoms with E-state index in [0.29, 0.717) is 18.5 Å². The van der Waals surface area contributed by atoms with Crippen LogP contribution in [0, 0.1) is 5.92 Å². The molecule has 0 saturated carbocycles. The van der Waals surface area contributed by atoms with Crippen molar-refractivity contribution in [1.82, 2.24) is 15.5 Å². The van der Waals surface area contributed by atoms with Crippen LogP contribution in [0.1, 0.15) is 37.8 Å². The average Bonchev–Trinajstić information content (AvgIpc) is 2.75. The van der Waals surface area contributed by atoms with Crippen molar-refractivity contribution in [3.8, 4) is 0 Å². The Hall–Kier alpha value is -2.12. The predicted molar refractivity (Wildman–Crippen MR) is 116 cm³/mol. The van der Waals surface area contributed by atoms with E-state index in [1.807, 2.05) is 18.2 Å². The zero-order valence-corrected chi connectivity index (χ0v) is 18.0. The molecule has 1 saturated heterocycles. The van der Waals surface area contributed by atoms with E-state index in [2.05, 4.69) is 34.7 Å². The smallest absolute Gasteiger partial charge is 0.243 e. The second-order valence-electron chi connectivity index (χ2n) is 7.64. The van der Waals surface area contributed by atoms with Gasteiger partial charge in [0.05, 0.1) is 6.04 Å². The Bertz CT molecular complexity index is 616. The number of nitrogens with zero attached hydrogens (tertiary/aromatic N) is 2. The van der Waals surface area contributed by atoms with Crippen molar-refractivity contribution in [2.75, 3.05) is 53.6 Å². The number of ether oxygens (including phenoxy) is 2. The molecule has 2 N–H and O–H groups in total. The van der Waals surface area contributed by atoms with E-state index in [9.17, 15) is 4.79 Å². The van der Waals surface area contributed by atoms with E-state index in [0.717, 1.165) is 45.6 Å². The largest absolute Gasteiger partial charge is 0.381 e. The average molecular weight is 405 g/mol. The number of likely N-dealkylation sites (N-methyl/N-ethyl adjacent to an activating group) is 1. The normalized spacial score (nSPS) is 16.3. The number of carbonyl (C=O) groups excluding carboxylic acids is 1. The zero-order valence-electron chi connectivity index (χ0n) is 18.0. The van der Waals surface area contributed by atoms with Crippen LogP contribution >= 0.6 is 0 Å². The summed E-state index contributed by atoms with van der Waals surface area (Å²) in [5.74, 6) is 1.23. The van der Waals surface area contributed by atoms with Crippen LogP contribution in [0.2, 0.25) is 0 Å². The van der Waals surface area contributed by atoms with Crippen LogP contribution in [0.25, 0.3) is 0 Å². The molecule has 0 radical (unpaired) electrons. The fraction of sp³-hybridized carbons (Fsp3) is 0.636. The number of aliphatic imine (C=N–C) groups is 1. The fourth-order valence-corrected chi connectivity index (χ4v) is 3.01. The number of rotatable bonds is 10. The summed E-state index contributed by atoms with van der Waals surface area (Å²) in [4.78, 5) is 17.9. The lowest BCUT2D eigenvalue weighted by atomic mass is 10.0. The van der Waals surface area contributed by atoms with Gasteiger partial charge in [0, 0.05) is 47.1 Å². The zero-order chi connectivity index (χ0) is 20.9. The molecule has 1 atom stereocenters. The molecule has 1 aliphatic heterocycles. The van der Waals surface area contributed by atoms with Gasteiger partial charge in [-0.15, -0.1) is 0 Å². The number of amides is 1. The lowest BCUT2D eigenvalue weighted by Crippen LogP contribution is -2.40. The Kier molecular flexibility index (Phi) is 10.5. The number of hydrogen-bond acceptors (Lipinski definition) is 4. The Balaban J connectivity index is 1.76. The van der Waals surface area contributed by atoms with Gasteiger partial charge in [-0.05, 0) is 37.7 Å². The molecule has 1 fully saturated rings. The van der Waals surface area contributed by atoms with Crippen LogP contribution in [0.4, 0.5) is 0 Å². The lowest BCUT2D eigenvalue weighted by molar-refractivity contribution is -0.127. The Morgan fingerprint density at radius 3 is 2.69 bits per heavy atom. The molecule has 7 heteroatoms. The highest BCUT2D eigenvalue weighted by molar-refractivity contribution is 5.85. The maximum Gasteiger partial charge on any atom is 0.243 e. The molecular weight excluding hydrogens is 368 g/mol. The molecule has 7 nitrogen and oxygen atoms in total. The third kappa shape index (κ3) is 9.28. The molecule has 0 spiro atoms. The first-order valence-corrected chi connectivity index (χ1v) is 10.5. The van der Waals surface area contributed by atoms with Crippen molar-refractivity contribution >= 4 is 11.9 Å². The second kappa shape index (κ2) is 13.2. The van der Waals surface area contributed by atoms with Gasteiger partial charge in [-0.1, -0.05) is 30.3 Å². The van der Waals surface area contributed by atoms with E-state index in [1.165, 1.54) is 5.56 Å². The van der Waals surface area contributed by atoms with Gasteiger partial charge in [0.1, 0.15) is 6.54 Å². The van der Waals surface area contributed by atoms with Gasteiger partial charge in [0.2, 0.25) is 5.91 Å². The second-order valence-corrected chi connectivity index (χ2v) is 7.64. The molecule has 1 amide bonds. The molecule has 1 unspecified atom stereocenters. The predicted octanol–water partition coefficient (Wildman–Crippen LogP) is 2.20. The summed E-state index contributed by atoms with van der Waals surface area (Å²) in [6.07, 6.45) is 3.07. The van der Waals surface area contributed by atoms with Gasteiger partial charge in [-0.25, -0.2) is 4.99 Å². The molecular formula is C22H36N4O3. The molecule has 1 aliphatic rings. The molecule has 2 rings (SSSR count). The summed E-state index contributed by atoms with van der Waals surface area (Å²) < 4.78 is 11.2. The summed E-state index contributed by atoms with van der Waals surface area (Å²) in [5, 5.41) is 6.70. The minimum Gasteiger partial charge on any atom is -0.381 e. The van der Waals surface area contributed by atoms with Crippen LogP contribution < -0.4 is 10.6 Å². The van der Waals surface area contributed by atoms with Gasteiger partial charge >= 0.3 is 0 Å². The summed E-state index contributed by atoms with van der Waals surface area (Å²) in [6, 6.07) is 10.3. The van der Waals surface area contributed by atoms with Crippen molar-refractivity contribution in [3.63, 3.8) is 0 Å². The van der Waals surface area contributed by atoms with Crippen LogP contribution in [0.5, 0.6) is 0 Å². The fourth-order valence-electron chi connectivity index (χ4n) is 3.01. The molecule has 0 aliphatic carbocycles. The molecule has 0 aromatic heterocycles. The summed E-state index contributed by atoms with van der Waals surface area (Å²) in [6.45, 7) is 6.16. The Morgan fingerprint density at radius 2 is 2.00 bits per heavy atom. The van der Waals surface area contributed by atoms with Gasteiger partial charge in [0.15, 0.2) is 5.96 Å². The van der Waals surface area contributed by atoms with Crippen molar-refractivity contribution in [2.45, 2.75) is 32.2 Å². The van der Waals surface area contributed by atoms with Crippen molar-refractivity contribution in [2.24, 2.45) is 10.9 Å². The third-order valence-electron chi connectivity index (χ3n) is 4.98. The molecule has 0 bridgehead atoms. The topological polar surface area (TPSA) is 75.2 Å². The molecule has 162 valence electrons. The summed E-state index contributed by atoms with van der Waals surface area (Å²) >= 11 is 0. The number of hydrogen-bond donors (Lipinski definition) is 2. The lowest BCUT2D eigenvalue weighted by Gasteiger charge is -2.22. The van der Waals surface area contributed by atoms with Gasteiger partial charge in [-0.2, -0.15) is 0 Å². The van der Waals surface area contributed by atoms with Crippen molar-refractivity contribution in [3.05, 3.63) is 35.9 Å². The van der Waals surface area contributed by atoms with E-state index in [-0.39, 0.29) is 18.5 Å². The van der Waals surface area contributed by atoms with Gasteiger partial charge in [-0.3, -0.25) is 4.79 Å². The molecule has 1 heterocycles. The first-order chi connectivity index (χ1) is 14.1. The monoisotopic (exact) mass is 404 g/mol. The van der Waals surface area contributed by atoms with E-state index in [1.54, 1.807) is 19.0 Å². The van der Waals surface area contributed by atoms with Gasteiger partial charge < -0.3 is 25.0 Å². The SMILES string of the molecule is CC(NC(=NCC(=O)N(C)C)NCCCOCC1CCOCC1)c1ccccc1. The van der Waals surface area contributed by atoms with Gasteiger partial charge in [0.25, 0.3) is 0 Å². The highest BCUT2D eigenvalue weighted by Gasteiger charge is 2.13. The third-order valence-corrected chi connectivity index (χ3v) is 4.98. The van der Waals surface area contributed by atoms with E-state index >= 15 is 0 Å². The highest BCUT2D eigenvalue weighted by Crippen LogP contribution is 2.14. The number of guanidine groups is 1. The minimum atomic E-state index is -0.0294. The van der Waals surface area contributed by atoms with E-state index in [4.69, 9.17) is 9.47 Å². The van der Waals surface area contributed by atoms with Crippen LogP contribution in [0.15, 0.2) is 35.3 Å². The van der Waals surface area contributed by atoms with Crippen molar-refractivity contribution in [1.29, 1.82) is 0 Å². The number of carbonyl (C=O) groups is 1. The maximum atomic E-state index is 11.9. The standard InChI is InChI=1S/C22H36N4O3/c1-18(20-8-5-4-6-9-20)25-22(24-16-21(27)26(2)3)23-12-7-13-29-17-19-10-14-28-15-11-19/h4-6,8-9,18-19H,7,10-17H2,1-3H3,(H2,23,24,25). The summed E-state index contributed by atoms with van der Waals surface area (Å²) in [5.41, 5.74) is 1.17. The first-order valence-electron chi connectivity index (χ1n) is 10.5. The molecule has 1 aromatic rings. The van der Waals surface area contributed by atoms with Crippen LogP contribution in [-0.2, 0) is 14.3 Å². The maximum absolute atomic E-state index is 11.9. The molecule has 1 aromatic carbocycles. The minimum absolute atomic E-state index is 0.0294. The quantitative estimate of drug-likeness (QED) is 0.355. The van der Waals surface area contributed by atoms with Crippen LogP contribution in [0.3, 0.4) is 0 Å². The highest BCUT2D eigenvalue weighted by atomic mass is 16.5. The number of benzene rings is 1. The first kappa shape index (κ1) is 23.2. The number of nitrogens with one attached hydrogen (secondary N) is 2. The van der Waals surface area contributed by atoms with Crippen LogP contribution in [-0.4, -0.2) is 70.4 Å². The summed E-state index contributed by atoms with van der Waals surface area (Å²) in [7, 11) is 3.47. The Labute approximate surface area is 174 Å². The molecule has 29 heavy (non-hydrogen) atoms. The Morgan fingerprint density at radius 1 is 1.28 bits per heavy atom. The van der Waals surface area contributed by atoms with Crippen molar-refractivity contribution < 1.29 is 14.3 Å². The van der Waals surface area contributed by atoms with E-state index < -0.39 is 0 Å².